The highest BCUT2D eigenvalue weighted by Crippen LogP contribution is 2.31. The maximum atomic E-state index is 5.94. The van der Waals surface area contributed by atoms with Crippen LogP contribution in [0.25, 0.3) is 10.2 Å². The Morgan fingerprint density at radius 1 is 1.15 bits per heavy atom. The van der Waals surface area contributed by atoms with Gasteiger partial charge in [-0.25, -0.2) is 4.98 Å². The van der Waals surface area contributed by atoms with Crippen LogP contribution in [0.2, 0.25) is 0 Å². The summed E-state index contributed by atoms with van der Waals surface area (Å²) in [4.78, 5) is 4.56. The second kappa shape index (κ2) is 6.12. The molecule has 0 fully saturated rings. The van der Waals surface area contributed by atoms with Crippen LogP contribution in [0.15, 0.2) is 46.9 Å². The molecule has 0 saturated carbocycles. The quantitative estimate of drug-likeness (QED) is 0.577. The molecular formula is C15H11BrClNOS. The summed E-state index contributed by atoms with van der Waals surface area (Å²) in [5.74, 6) is 1.22. The molecule has 2 aromatic carbocycles. The first-order chi connectivity index (χ1) is 9.78. The molecule has 102 valence electrons. The molecule has 0 amide bonds. The van der Waals surface area contributed by atoms with E-state index >= 15 is 0 Å². The molecule has 1 aromatic heterocycles. The molecule has 0 N–H and O–H groups in total. The maximum Gasteiger partial charge on any atom is 0.140 e. The normalized spacial score (nSPS) is 10.9. The van der Waals surface area contributed by atoms with Crippen LogP contribution in [0.1, 0.15) is 10.6 Å². The van der Waals surface area contributed by atoms with Crippen LogP contribution in [-0.2, 0) is 12.5 Å². The fourth-order valence-corrected chi connectivity index (χ4v) is 3.55. The van der Waals surface area contributed by atoms with Crippen LogP contribution in [0.4, 0.5) is 0 Å². The zero-order chi connectivity index (χ0) is 13.9. The number of hydrogen-bond donors (Lipinski definition) is 0. The van der Waals surface area contributed by atoms with E-state index < -0.39 is 0 Å². The molecule has 0 aliphatic carbocycles. The van der Waals surface area contributed by atoms with Gasteiger partial charge >= 0.3 is 0 Å². The summed E-state index contributed by atoms with van der Waals surface area (Å²) in [5.41, 5.74) is 1.99. The van der Waals surface area contributed by atoms with Gasteiger partial charge in [0.1, 0.15) is 17.4 Å². The molecule has 0 unspecified atom stereocenters. The Morgan fingerprint density at radius 2 is 2.00 bits per heavy atom. The molecule has 2 nitrogen and oxygen atoms in total. The van der Waals surface area contributed by atoms with Crippen LogP contribution >= 0.6 is 38.9 Å². The lowest BCUT2D eigenvalue weighted by Crippen LogP contribution is -1.98. The molecule has 0 aliphatic heterocycles. The highest BCUT2D eigenvalue weighted by molar-refractivity contribution is 9.10. The minimum absolute atomic E-state index is 0.425. The van der Waals surface area contributed by atoms with Gasteiger partial charge in [0.2, 0.25) is 0 Å². The van der Waals surface area contributed by atoms with Gasteiger partial charge in [-0.15, -0.1) is 22.9 Å². The molecule has 5 heteroatoms. The van der Waals surface area contributed by atoms with E-state index in [1.807, 2.05) is 36.4 Å². The zero-order valence-corrected chi connectivity index (χ0v) is 13.6. The average molecular weight is 369 g/mol. The third kappa shape index (κ3) is 2.82. The summed E-state index contributed by atoms with van der Waals surface area (Å²) in [6, 6.07) is 14.0. The van der Waals surface area contributed by atoms with Crippen LogP contribution in [0.3, 0.4) is 0 Å². The summed E-state index contributed by atoms with van der Waals surface area (Å²) in [6.07, 6.45) is 0. The first kappa shape index (κ1) is 13.9. The van der Waals surface area contributed by atoms with E-state index in [2.05, 4.69) is 27.0 Å². The highest BCUT2D eigenvalue weighted by atomic mass is 79.9. The molecule has 1 heterocycles. The van der Waals surface area contributed by atoms with Crippen LogP contribution in [0, 0.1) is 0 Å². The van der Waals surface area contributed by atoms with Crippen molar-refractivity contribution in [2.75, 3.05) is 0 Å². The van der Waals surface area contributed by atoms with Crippen molar-refractivity contribution in [1.29, 1.82) is 0 Å². The van der Waals surface area contributed by atoms with Crippen molar-refractivity contribution in [1.82, 2.24) is 4.98 Å². The molecule has 0 aliphatic rings. The topological polar surface area (TPSA) is 22.1 Å². The molecule has 20 heavy (non-hydrogen) atoms. The molecular weight excluding hydrogens is 358 g/mol. The number of fused-ring (bicyclic) bond motifs is 1. The fourth-order valence-electron chi connectivity index (χ4n) is 1.94. The summed E-state index contributed by atoms with van der Waals surface area (Å²) >= 11 is 11.1. The summed E-state index contributed by atoms with van der Waals surface area (Å²) < 4.78 is 7.98. The first-order valence-electron chi connectivity index (χ1n) is 6.08. The Morgan fingerprint density at radius 3 is 2.80 bits per heavy atom. The van der Waals surface area contributed by atoms with Crippen molar-refractivity contribution in [3.63, 3.8) is 0 Å². The van der Waals surface area contributed by atoms with Crippen molar-refractivity contribution < 1.29 is 4.74 Å². The predicted octanol–water partition coefficient (Wildman–Crippen LogP) is 5.38. The van der Waals surface area contributed by atoms with E-state index in [-0.39, 0.29) is 0 Å². The molecule has 0 saturated heterocycles. The smallest absolute Gasteiger partial charge is 0.140 e. The van der Waals surface area contributed by atoms with Crippen molar-refractivity contribution in [3.05, 3.63) is 57.5 Å². The van der Waals surface area contributed by atoms with Gasteiger partial charge in [-0.05, 0) is 34.1 Å². The Hall–Kier alpha value is -1.10. The van der Waals surface area contributed by atoms with Gasteiger partial charge in [0.15, 0.2) is 0 Å². The number of rotatable bonds is 4. The molecule has 0 bridgehead atoms. The second-order valence-corrected chi connectivity index (χ2v) is 6.46. The second-order valence-electron chi connectivity index (χ2n) is 4.23. The molecule has 3 rings (SSSR count). The Balaban J connectivity index is 1.82. The van der Waals surface area contributed by atoms with E-state index in [1.165, 1.54) is 4.70 Å². The standard InChI is InChI=1S/C15H11BrClNOS/c16-11-5-3-4-10(8-17)15(11)19-9-14-18-12-6-1-2-7-13(12)20-14/h1-7H,8-9H2. The molecule has 0 atom stereocenters. The van der Waals surface area contributed by atoms with E-state index in [0.717, 1.165) is 26.3 Å². The Kier molecular flexibility index (Phi) is 4.24. The van der Waals surface area contributed by atoms with Gasteiger partial charge in [-0.2, -0.15) is 0 Å². The number of hydrogen-bond acceptors (Lipinski definition) is 3. The molecule has 0 radical (unpaired) electrons. The summed E-state index contributed by atoms with van der Waals surface area (Å²) in [7, 11) is 0. The van der Waals surface area contributed by atoms with Gasteiger partial charge in [0, 0.05) is 5.56 Å². The Labute approximate surface area is 134 Å². The maximum absolute atomic E-state index is 5.94. The van der Waals surface area contributed by atoms with E-state index in [0.29, 0.717) is 12.5 Å². The summed E-state index contributed by atoms with van der Waals surface area (Å²) in [6.45, 7) is 0.450. The summed E-state index contributed by atoms with van der Waals surface area (Å²) in [5, 5.41) is 0.961. The number of ether oxygens (including phenoxy) is 1. The van der Waals surface area contributed by atoms with Crippen molar-refractivity contribution in [2.24, 2.45) is 0 Å². The predicted molar refractivity (Wildman–Crippen MR) is 87.7 cm³/mol. The van der Waals surface area contributed by atoms with Crippen molar-refractivity contribution in [3.8, 4) is 5.75 Å². The number of para-hydroxylation sites is 2. The minimum atomic E-state index is 0.425. The van der Waals surface area contributed by atoms with Gasteiger partial charge in [-0.3, -0.25) is 0 Å². The first-order valence-corrected chi connectivity index (χ1v) is 8.23. The van der Waals surface area contributed by atoms with Gasteiger partial charge < -0.3 is 4.74 Å². The third-order valence-electron chi connectivity index (χ3n) is 2.87. The lowest BCUT2D eigenvalue weighted by Gasteiger charge is -2.10. The molecule has 0 spiro atoms. The number of alkyl halides is 1. The van der Waals surface area contributed by atoms with Crippen molar-refractivity contribution >= 4 is 49.1 Å². The largest absolute Gasteiger partial charge is 0.485 e. The number of benzene rings is 2. The third-order valence-corrected chi connectivity index (χ3v) is 4.79. The van der Waals surface area contributed by atoms with Crippen molar-refractivity contribution in [2.45, 2.75) is 12.5 Å². The lowest BCUT2D eigenvalue weighted by atomic mass is 10.2. The van der Waals surface area contributed by atoms with Gasteiger partial charge in [-0.1, -0.05) is 24.3 Å². The SMILES string of the molecule is ClCc1cccc(Br)c1OCc1nc2ccccc2s1. The zero-order valence-electron chi connectivity index (χ0n) is 10.5. The number of nitrogens with zero attached hydrogens (tertiary/aromatic N) is 1. The highest BCUT2D eigenvalue weighted by Gasteiger charge is 2.09. The average Bonchev–Trinajstić information content (AvgIpc) is 2.88. The molecule has 3 aromatic rings. The number of thiazole rings is 1. The Bertz CT molecular complexity index is 711. The number of aromatic nitrogens is 1. The fraction of sp³-hybridized carbons (Fsp3) is 0.133. The van der Waals surface area contributed by atoms with Gasteiger partial charge in [0.05, 0.1) is 20.6 Å². The van der Waals surface area contributed by atoms with Gasteiger partial charge in [0.25, 0.3) is 0 Å². The monoisotopic (exact) mass is 367 g/mol. The minimum Gasteiger partial charge on any atom is -0.485 e. The van der Waals surface area contributed by atoms with Crippen LogP contribution in [0.5, 0.6) is 5.75 Å². The van der Waals surface area contributed by atoms with E-state index in [1.54, 1.807) is 11.3 Å². The van der Waals surface area contributed by atoms with E-state index in [4.69, 9.17) is 16.3 Å². The van der Waals surface area contributed by atoms with Crippen LogP contribution < -0.4 is 4.74 Å². The number of halogens is 2. The van der Waals surface area contributed by atoms with Crippen LogP contribution in [-0.4, -0.2) is 4.98 Å². The van der Waals surface area contributed by atoms with E-state index in [9.17, 15) is 0 Å². The lowest BCUT2D eigenvalue weighted by molar-refractivity contribution is 0.301.